The average Bonchev–Trinajstić information content (AvgIpc) is 2.49. The van der Waals surface area contributed by atoms with Crippen molar-refractivity contribution in [1.29, 1.82) is 0 Å². The molecule has 0 N–H and O–H groups in total. The Labute approximate surface area is 127 Å². The quantitative estimate of drug-likeness (QED) is 0.646. The molecule has 4 atom stereocenters. The van der Waals surface area contributed by atoms with Crippen molar-refractivity contribution < 1.29 is 18.4 Å². The molecule has 2 saturated carbocycles. The Morgan fingerprint density at radius 3 is 1.33 bits per heavy atom. The molecule has 5 heteroatoms. The second-order valence-corrected chi connectivity index (χ2v) is 12.0. The Morgan fingerprint density at radius 1 is 0.762 bits per heavy atom. The van der Waals surface area contributed by atoms with E-state index in [2.05, 4.69) is 0 Å². The van der Waals surface area contributed by atoms with Crippen LogP contribution < -0.4 is 0 Å². The molecule has 1 aliphatic heterocycles. The van der Waals surface area contributed by atoms with Gasteiger partial charge in [0, 0.05) is 0 Å². The Balaban J connectivity index is 2.34. The SMILES string of the molecule is CC1(C)C(=O)[C@H]2[C@@H]3C(=O)C(C)(C)[C@@]2(C)O[Si](C)(C)O[C@@]31C. The molecule has 0 amide bonds. The van der Waals surface area contributed by atoms with Crippen molar-refractivity contribution in [2.75, 3.05) is 0 Å². The van der Waals surface area contributed by atoms with Crippen LogP contribution >= 0.6 is 0 Å². The summed E-state index contributed by atoms with van der Waals surface area (Å²) in [5.41, 5.74) is -2.87. The zero-order valence-corrected chi connectivity index (χ0v) is 15.3. The number of carbonyl (C=O) groups is 2. The minimum absolute atomic E-state index is 0.112. The molecule has 0 radical (unpaired) electrons. The van der Waals surface area contributed by atoms with Crippen LogP contribution in [0.3, 0.4) is 0 Å². The van der Waals surface area contributed by atoms with E-state index in [4.69, 9.17) is 8.85 Å². The Morgan fingerprint density at radius 2 is 1.05 bits per heavy atom. The lowest BCUT2D eigenvalue weighted by Gasteiger charge is -2.51. The van der Waals surface area contributed by atoms with Crippen molar-refractivity contribution in [3.8, 4) is 0 Å². The van der Waals surface area contributed by atoms with Crippen molar-refractivity contribution >= 4 is 20.1 Å². The Bertz CT molecular complexity index is 517. The lowest BCUT2D eigenvalue weighted by Crippen LogP contribution is -2.63. The highest BCUT2D eigenvalue weighted by Crippen LogP contribution is 2.68. The van der Waals surface area contributed by atoms with Gasteiger partial charge in [-0.1, -0.05) is 27.7 Å². The fraction of sp³-hybridized carbons (Fsp3) is 0.875. The van der Waals surface area contributed by atoms with Crippen molar-refractivity contribution in [3.05, 3.63) is 0 Å². The van der Waals surface area contributed by atoms with E-state index in [1.54, 1.807) is 0 Å². The average molecular weight is 310 g/mol. The first-order chi connectivity index (χ1) is 9.22. The summed E-state index contributed by atoms with van der Waals surface area (Å²) in [6, 6.07) is 0. The molecule has 2 aliphatic carbocycles. The minimum atomic E-state index is -2.43. The largest absolute Gasteiger partial charge is 0.387 e. The molecule has 3 rings (SSSR count). The van der Waals surface area contributed by atoms with Crippen LogP contribution in [0.4, 0.5) is 0 Å². The maximum absolute atomic E-state index is 13.1. The zero-order valence-electron chi connectivity index (χ0n) is 14.3. The highest BCUT2D eigenvalue weighted by atomic mass is 28.4. The summed E-state index contributed by atoms with van der Waals surface area (Å²) in [5.74, 6) is -0.564. The van der Waals surface area contributed by atoms with E-state index in [1.165, 1.54) is 0 Å². The van der Waals surface area contributed by atoms with Crippen molar-refractivity contribution in [2.45, 2.75) is 65.8 Å². The van der Waals surface area contributed by atoms with Crippen molar-refractivity contribution in [3.63, 3.8) is 0 Å². The third kappa shape index (κ3) is 1.39. The molecule has 3 aliphatic rings. The number of ketones is 2. The van der Waals surface area contributed by atoms with E-state index < -0.39 is 42.4 Å². The van der Waals surface area contributed by atoms with Gasteiger partial charge < -0.3 is 8.85 Å². The smallest absolute Gasteiger partial charge is 0.332 e. The first-order valence-corrected chi connectivity index (χ1v) is 10.5. The van der Waals surface area contributed by atoms with Crippen LogP contribution in [0, 0.1) is 22.7 Å². The maximum atomic E-state index is 13.1. The molecule has 0 aromatic heterocycles. The summed E-state index contributed by atoms with van der Waals surface area (Å²) in [5, 5.41) is 0. The molecule has 21 heavy (non-hydrogen) atoms. The van der Waals surface area contributed by atoms with Gasteiger partial charge >= 0.3 is 8.56 Å². The van der Waals surface area contributed by atoms with Crippen molar-refractivity contribution in [1.82, 2.24) is 0 Å². The minimum Gasteiger partial charge on any atom is -0.387 e. The second kappa shape index (κ2) is 3.52. The molecular formula is C16H26O4Si. The van der Waals surface area contributed by atoms with Crippen LogP contribution in [0.1, 0.15) is 41.5 Å². The first-order valence-electron chi connectivity index (χ1n) is 7.71. The Kier molecular flexibility index (Phi) is 2.58. The summed E-state index contributed by atoms with van der Waals surface area (Å²) < 4.78 is 12.8. The molecular weight excluding hydrogens is 284 g/mol. The highest BCUT2D eigenvalue weighted by Gasteiger charge is 2.81. The molecule has 0 unspecified atom stereocenters. The maximum Gasteiger partial charge on any atom is 0.332 e. The van der Waals surface area contributed by atoms with Gasteiger partial charge in [0.1, 0.15) is 11.6 Å². The van der Waals surface area contributed by atoms with Crippen LogP contribution in [0.25, 0.3) is 0 Å². The van der Waals surface area contributed by atoms with Crippen molar-refractivity contribution in [2.24, 2.45) is 22.7 Å². The summed E-state index contributed by atoms with van der Waals surface area (Å²) >= 11 is 0. The molecule has 1 heterocycles. The number of hydrogen-bond acceptors (Lipinski definition) is 4. The monoisotopic (exact) mass is 310 g/mol. The lowest BCUT2D eigenvalue weighted by atomic mass is 9.68. The van der Waals surface area contributed by atoms with Crippen LogP contribution in [0.15, 0.2) is 0 Å². The number of hydrogen-bond donors (Lipinski definition) is 0. The first kappa shape index (κ1) is 15.4. The van der Waals surface area contributed by atoms with Crippen LogP contribution in [0.2, 0.25) is 13.1 Å². The summed E-state index contributed by atoms with van der Waals surface area (Å²) in [6.45, 7) is 15.6. The highest BCUT2D eigenvalue weighted by molar-refractivity contribution is 6.65. The van der Waals surface area contributed by atoms with Gasteiger partial charge in [0.25, 0.3) is 0 Å². The van der Waals surface area contributed by atoms with E-state index in [9.17, 15) is 9.59 Å². The molecule has 1 saturated heterocycles. The topological polar surface area (TPSA) is 52.6 Å². The molecule has 0 spiro atoms. The summed E-state index contributed by atoms with van der Waals surface area (Å²) in [4.78, 5) is 26.2. The van der Waals surface area contributed by atoms with Gasteiger partial charge in [0.15, 0.2) is 0 Å². The molecule has 3 fully saturated rings. The van der Waals surface area contributed by atoms with Gasteiger partial charge in [0.05, 0.1) is 33.9 Å². The van der Waals surface area contributed by atoms with Crippen LogP contribution in [0.5, 0.6) is 0 Å². The van der Waals surface area contributed by atoms with Gasteiger partial charge in [-0.2, -0.15) is 0 Å². The number of carbonyl (C=O) groups excluding carboxylic acids is 2. The molecule has 4 nitrogen and oxygen atoms in total. The third-order valence-electron chi connectivity index (χ3n) is 6.71. The second-order valence-electron chi connectivity index (χ2n) is 8.75. The molecule has 118 valence electrons. The van der Waals surface area contributed by atoms with Gasteiger partial charge in [0.2, 0.25) is 0 Å². The predicted molar refractivity (Wildman–Crippen MR) is 81.0 cm³/mol. The van der Waals surface area contributed by atoms with E-state index in [1.807, 2.05) is 54.6 Å². The van der Waals surface area contributed by atoms with E-state index >= 15 is 0 Å². The van der Waals surface area contributed by atoms with Gasteiger partial charge in [-0.15, -0.1) is 0 Å². The summed E-state index contributed by atoms with van der Waals surface area (Å²) in [6.07, 6.45) is 0. The predicted octanol–water partition coefficient (Wildman–Crippen LogP) is 2.70. The number of Topliss-reactive ketones (excluding diaryl/α,β-unsaturated/α-hetero) is 2. The fourth-order valence-electron chi connectivity index (χ4n) is 4.91. The van der Waals surface area contributed by atoms with Crippen LogP contribution in [-0.2, 0) is 18.4 Å². The normalized spacial score (nSPS) is 49.3. The molecule has 4 bridgehead atoms. The van der Waals surface area contributed by atoms with E-state index in [0.29, 0.717) is 0 Å². The van der Waals surface area contributed by atoms with E-state index in [-0.39, 0.29) is 11.6 Å². The summed E-state index contributed by atoms with van der Waals surface area (Å²) in [7, 11) is -2.43. The number of rotatable bonds is 0. The lowest BCUT2D eigenvalue weighted by molar-refractivity contribution is -0.160. The van der Waals surface area contributed by atoms with Gasteiger partial charge in [-0.3, -0.25) is 9.59 Å². The van der Waals surface area contributed by atoms with Gasteiger partial charge in [-0.05, 0) is 26.9 Å². The molecule has 0 aromatic rings. The van der Waals surface area contributed by atoms with Gasteiger partial charge in [-0.25, -0.2) is 0 Å². The standard InChI is InChI=1S/C16H26O4Si/c1-13(2)11(17)9-10-12(18)14(3,4)16(9,6)20-21(7,8)19-15(10,13)5/h9-10H,1-8H3/t9-,10-,15+,16+/m1/s1. The zero-order chi connectivity index (χ0) is 16.2. The molecule has 0 aromatic carbocycles. The third-order valence-corrected chi connectivity index (χ3v) is 8.55. The fourth-order valence-corrected chi connectivity index (χ4v) is 7.76. The Hall–Kier alpha value is -0.523. The van der Waals surface area contributed by atoms with Crippen LogP contribution in [-0.4, -0.2) is 31.3 Å². The van der Waals surface area contributed by atoms with E-state index in [0.717, 1.165) is 0 Å².